The first kappa shape index (κ1) is 17.8. The topological polar surface area (TPSA) is 45.5 Å². The number of alkyl halides is 2. The molecule has 1 heterocycles. The Kier molecular flexibility index (Phi) is 6.22. The number of halogens is 3. The Morgan fingerprint density at radius 3 is 2.88 bits per heavy atom. The van der Waals surface area contributed by atoms with Gasteiger partial charge in [0.1, 0.15) is 18.2 Å². The first-order chi connectivity index (χ1) is 11.5. The van der Waals surface area contributed by atoms with Crippen molar-refractivity contribution in [2.24, 2.45) is 4.99 Å². The quantitative estimate of drug-likeness (QED) is 0.650. The molecule has 0 amide bonds. The summed E-state index contributed by atoms with van der Waals surface area (Å²) in [5.41, 5.74) is 0.789. The Bertz CT molecular complexity index is 684. The fourth-order valence-electron chi connectivity index (χ4n) is 2.24. The first-order valence-electron chi connectivity index (χ1n) is 7.55. The second-order valence-corrected chi connectivity index (χ2v) is 5.18. The third kappa shape index (κ3) is 4.74. The fourth-order valence-corrected chi connectivity index (χ4v) is 2.24. The summed E-state index contributed by atoms with van der Waals surface area (Å²) < 4.78 is 39.7. The molecule has 0 unspecified atom stereocenters. The van der Waals surface area contributed by atoms with Crippen LogP contribution in [0.4, 0.5) is 13.2 Å². The molecular formula is C16H20F3N5. The van der Waals surface area contributed by atoms with Crippen LogP contribution in [-0.4, -0.2) is 34.0 Å². The smallest absolute Gasteiger partial charge is 0.319 e. The molecule has 130 valence electrons. The summed E-state index contributed by atoms with van der Waals surface area (Å²) in [6, 6.07) is 6.28. The van der Waals surface area contributed by atoms with Crippen molar-refractivity contribution >= 4 is 5.96 Å². The van der Waals surface area contributed by atoms with Crippen molar-refractivity contribution in [1.82, 2.24) is 19.8 Å². The molecule has 24 heavy (non-hydrogen) atoms. The summed E-state index contributed by atoms with van der Waals surface area (Å²) in [6.45, 7) is 0.340. The Hall–Kier alpha value is -2.51. The number of benzene rings is 1. The van der Waals surface area contributed by atoms with Gasteiger partial charge in [-0.15, -0.1) is 0 Å². The third-order valence-electron chi connectivity index (χ3n) is 3.33. The first-order valence-corrected chi connectivity index (χ1v) is 7.55. The fraction of sp³-hybridized carbons (Fsp3) is 0.375. The largest absolute Gasteiger partial charge is 0.357 e. The van der Waals surface area contributed by atoms with Crippen LogP contribution in [-0.2, 0) is 13.1 Å². The molecule has 2 aromatic rings. The van der Waals surface area contributed by atoms with Gasteiger partial charge in [-0.3, -0.25) is 4.57 Å². The van der Waals surface area contributed by atoms with Gasteiger partial charge in [0.25, 0.3) is 0 Å². The van der Waals surface area contributed by atoms with E-state index in [1.807, 2.05) is 13.0 Å². The monoisotopic (exact) mass is 339 g/mol. The summed E-state index contributed by atoms with van der Waals surface area (Å²) in [5, 5.41) is 3.09. The van der Waals surface area contributed by atoms with Crippen molar-refractivity contribution in [3.8, 4) is 0 Å². The number of hydrogen-bond donors (Lipinski definition) is 1. The number of aromatic nitrogens is 2. The second kappa shape index (κ2) is 8.37. The van der Waals surface area contributed by atoms with Gasteiger partial charge in [-0.25, -0.2) is 14.4 Å². The second-order valence-electron chi connectivity index (χ2n) is 5.18. The number of hydrogen-bond acceptors (Lipinski definition) is 2. The van der Waals surface area contributed by atoms with Crippen LogP contribution in [0.1, 0.15) is 24.9 Å². The van der Waals surface area contributed by atoms with E-state index in [9.17, 15) is 13.2 Å². The van der Waals surface area contributed by atoms with E-state index in [-0.39, 0.29) is 18.2 Å². The number of imidazole rings is 1. The van der Waals surface area contributed by atoms with E-state index >= 15 is 0 Å². The highest BCUT2D eigenvalue weighted by molar-refractivity contribution is 5.79. The SMILES string of the molecule is CCNC(=NCc1nccn1C(F)F)N(C)Cc1cccc(F)c1. The Balaban J connectivity index is 2.10. The van der Waals surface area contributed by atoms with Gasteiger partial charge in [-0.2, -0.15) is 8.78 Å². The number of nitrogens with zero attached hydrogens (tertiary/aromatic N) is 4. The van der Waals surface area contributed by atoms with E-state index in [4.69, 9.17) is 0 Å². The van der Waals surface area contributed by atoms with Crippen LogP contribution < -0.4 is 5.32 Å². The van der Waals surface area contributed by atoms with Gasteiger partial charge in [0.05, 0.1) is 0 Å². The zero-order valence-electron chi connectivity index (χ0n) is 13.6. The molecule has 8 heteroatoms. The minimum atomic E-state index is -2.65. The number of nitrogens with one attached hydrogen (secondary N) is 1. The van der Waals surface area contributed by atoms with Gasteiger partial charge >= 0.3 is 6.55 Å². The minimum Gasteiger partial charge on any atom is -0.357 e. The number of guanidine groups is 1. The molecule has 0 radical (unpaired) electrons. The normalized spacial score (nSPS) is 11.8. The van der Waals surface area contributed by atoms with Gasteiger partial charge in [-0.05, 0) is 24.6 Å². The van der Waals surface area contributed by atoms with Crippen molar-refractivity contribution in [2.45, 2.75) is 26.6 Å². The maximum Gasteiger partial charge on any atom is 0.319 e. The third-order valence-corrected chi connectivity index (χ3v) is 3.33. The lowest BCUT2D eigenvalue weighted by molar-refractivity contribution is 0.0671. The Morgan fingerprint density at radius 2 is 2.21 bits per heavy atom. The van der Waals surface area contributed by atoms with Crippen LogP contribution in [0.5, 0.6) is 0 Å². The molecule has 0 spiro atoms. The lowest BCUT2D eigenvalue weighted by Crippen LogP contribution is -2.38. The van der Waals surface area contributed by atoms with Crippen LogP contribution in [0.3, 0.4) is 0 Å². The average Bonchev–Trinajstić information content (AvgIpc) is 3.00. The molecule has 1 aromatic heterocycles. The summed E-state index contributed by atoms with van der Waals surface area (Å²) >= 11 is 0. The molecule has 1 N–H and O–H groups in total. The van der Waals surface area contributed by atoms with Crippen LogP contribution in [0.15, 0.2) is 41.7 Å². The van der Waals surface area contributed by atoms with E-state index < -0.39 is 6.55 Å². The van der Waals surface area contributed by atoms with Crippen LogP contribution in [0.25, 0.3) is 0 Å². The van der Waals surface area contributed by atoms with Crippen molar-refractivity contribution in [2.75, 3.05) is 13.6 Å². The van der Waals surface area contributed by atoms with Crippen molar-refractivity contribution in [3.05, 3.63) is 53.9 Å². The van der Waals surface area contributed by atoms with Gasteiger partial charge in [-0.1, -0.05) is 12.1 Å². The van der Waals surface area contributed by atoms with Gasteiger partial charge in [0.15, 0.2) is 5.96 Å². The van der Waals surface area contributed by atoms with Crippen molar-refractivity contribution in [1.29, 1.82) is 0 Å². The summed E-state index contributed by atoms with van der Waals surface area (Å²) in [4.78, 5) is 10.0. The van der Waals surface area contributed by atoms with Gasteiger partial charge in [0.2, 0.25) is 0 Å². The molecule has 0 bridgehead atoms. The molecule has 0 fully saturated rings. The van der Waals surface area contributed by atoms with Crippen LogP contribution in [0, 0.1) is 5.82 Å². The lowest BCUT2D eigenvalue weighted by atomic mass is 10.2. The van der Waals surface area contributed by atoms with Gasteiger partial charge in [0, 0.05) is 32.5 Å². The lowest BCUT2D eigenvalue weighted by Gasteiger charge is -2.22. The molecule has 0 aliphatic rings. The Morgan fingerprint density at radius 1 is 1.42 bits per heavy atom. The molecule has 5 nitrogen and oxygen atoms in total. The molecule has 0 aliphatic heterocycles. The molecule has 2 rings (SSSR count). The van der Waals surface area contributed by atoms with E-state index in [1.165, 1.54) is 24.5 Å². The molecule has 0 atom stereocenters. The summed E-state index contributed by atoms with van der Waals surface area (Å²) in [7, 11) is 1.80. The van der Waals surface area contributed by atoms with Gasteiger partial charge < -0.3 is 10.2 Å². The maximum atomic E-state index is 13.3. The summed E-state index contributed by atoms with van der Waals surface area (Å²) in [6.07, 6.45) is 2.54. The van der Waals surface area contributed by atoms with Crippen molar-refractivity contribution < 1.29 is 13.2 Å². The zero-order chi connectivity index (χ0) is 17.5. The summed E-state index contributed by atoms with van der Waals surface area (Å²) in [5.74, 6) is 0.409. The average molecular weight is 339 g/mol. The maximum absolute atomic E-state index is 13.3. The van der Waals surface area contributed by atoms with E-state index in [0.717, 1.165) is 10.1 Å². The standard InChI is InChI=1S/C16H20F3N5/c1-3-20-16(22-10-14-21-7-8-24(14)15(18)19)23(2)11-12-5-4-6-13(17)9-12/h4-9,15H,3,10-11H2,1-2H3,(H,20,22). The highest BCUT2D eigenvalue weighted by Gasteiger charge is 2.12. The highest BCUT2D eigenvalue weighted by Crippen LogP contribution is 2.13. The van der Waals surface area contributed by atoms with E-state index in [0.29, 0.717) is 19.0 Å². The molecular weight excluding hydrogens is 319 g/mol. The number of rotatable bonds is 6. The minimum absolute atomic E-state index is 0.0210. The molecule has 0 aliphatic carbocycles. The zero-order valence-corrected chi connectivity index (χ0v) is 13.6. The predicted molar refractivity (Wildman–Crippen MR) is 86.2 cm³/mol. The van der Waals surface area contributed by atoms with Crippen molar-refractivity contribution in [3.63, 3.8) is 0 Å². The molecule has 0 saturated heterocycles. The predicted octanol–water partition coefficient (Wildman–Crippen LogP) is 3.01. The van der Waals surface area contributed by atoms with E-state index in [2.05, 4.69) is 15.3 Å². The Labute approximate surface area is 138 Å². The highest BCUT2D eigenvalue weighted by atomic mass is 19.3. The molecule has 0 saturated carbocycles. The molecule has 1 aromatic carbocycles. The van der Waals surface area contributed by atoms with E-state index in [1.54, 1.807) is 18.0 Å². The van der Waals surface area contributed by atoms with Crippen LogP contribution in [0.2, 0.25) is 0 Å². The number of aliphatic imine (C=N–C) groups is 1. The van der Waals surface area contributed by atoms with Crippen LogP contribution >= 0.6 is 0 Å².